The summed E-state index contributed by atoms with van der Waals surface area (Å²) in [5, 5.41) is 6.69. The lowest BCUT2D eigenvalue weighted by molar-refractivity contribution is -0.119. The summed E-state index contributed by atoms with van der Waals surface area (Å²) in [5.74, 6) is -1.32. The molecule has 0 fully saturated rings. The molecule has 3 rings (SSSR count). The monoisotopic (exact) mass is 470 g/mol. The zero-order valence-electron chi connectivity index (χ0n) is 21.4. The van der Waals surface area contributed by atoms with Crippen molar-refractivity contribution in [1.29, 1.82) is 0 Å². The molecule has 1 aliphatic rings. The van der Waals surface area contributed by atoms with Gasteiger partial charge in [-0.2, -0.15) is 0 Å². The highest BCUT2D eigenvalue weighted by Crippen LogP contribution is 2.35. The summed E-state index contributed by atoms with van der Waals surface area (Å²) in [6, 6.07) is 8.45. The molecule has 1 aliphatic carbocycles. The van der Waals surface area contributed by atoms with Gasteiger partial charge in [0.15, 0.2) is 0 Å². The molecule has 3 nitrogen and oxygen atoms in total. The first-order valence-electron chi connectivity index (χ1n) is 12.6. The maximum absolute atomic E-state index is 13.6. The molecule has 0 bridgehead atoms. The van der Waals surface area contributed by atoms with Crippen LogP contribution in [0, 0.1) is 17.0 Å². The number of nitrogens with one attached hydrogen (secondary N) is 2. The zero-order chi connectivity index (χ0) is 24.9. The van der Waals surface area contributed by atoms with Crippen molar-refractivity contribution in [2.45, 2.75) is 91.6 Å². The number of aryl methyl sites for hydroxylation is 1. The molecule has 0 saturated carbocycles. The van der Waals surface area contributed by atoms with Gasteiger partial charge in [-0.05, 0) is 96.9 Å². The van der Waals surface area contributed by atoms with E-state index in [0.29, 0.717) is 24.4 Å². The lowest BCUT2D eigenvalue weighted by Gasteiger charge is -2.31. The second-order valence-corrected chi connectivity index (χ2v) is 11.0. The highest BCUT2D eigenvalue weighted by Gasteiger charge is 2.24. The first-order chi connectivity index (χ1) is 16.0. The molecule has 1 amide bonds. The number of halogens is 2. The molecule has 0 spiro atoms. The number of amides is 1. The van der Waals surface area contributed by atoms with E-state index in [-0.39, 0.29) is 17.4 Å². The van der Waals surface area contributed by atoms with Gasteiger partial charge >= 0.3 is 0 Å². The lowest BCUT2D eigenvalue weighted by atomic mass is 9.80. The smallest absolute Gasteiger partial charge is 0.217 e. The van der Waals surface area contributed by atoms with Crippen LogP contribution in [0.5, 0.6) is 0 Å². The summed E-state index contributed by atoms with van der Waals surface area (Å²) >= 11 is 0. The molecule has 2 aromatic carbocycles. The number of benzene rings is 2. The molecule has 0 heterocycles. The highest BCUT2D eigenvalue weighted by atomic mass is 19.1. The molecule has 1 unspecified atom stereocenters. The van der Waals surface area contributed by atoms with Crippen LogP contribution in [-0.2, 0) is 30.5 Å². The zero-order valence-corrected chi connectivity index (χ0v) is 21.4. The van der Waals surface area contributed by atoms with Crippen molar-refractivity contribution in [1.82, 2.24) is 10.6 Å². The third-order valence-corrected chi connectivity index (χ3v) is 6.54. The van der Waals surface area contributed by atoms with Crippen molar-refractivity contribution in [3.8, 4) is 0 Å². The summed E-state index contributed by atoms with van der Waals surface area (Å²) in [7, 11) is 0. The van der Waals surface area contributed by atoms with Crippen LogP contribution in [0.25, 0.3) is 0 Å². The Morgan fingerprint density at radius 3 is 2.41 bits per heavy atom. The SMILES string of the molecule is CCc1cc(CC(C)(C)C)cc2c1CCCC2NCC[C@H](Cc1cc(F)cc(F)c1)NC(C)=O. The normalized spacial score (nSPS) is 16.7. The molecule has 2 N–H and O–H groups in total. The Bertz CT molecular complexity index is 976. The van der Waals surface area contributed by atoms with Crippen LogP contribution in [0.4, 0.5) is 8.78 Å². The van der Waals surface area contributed by atoms with E-state index in [0.717, 1.165) is 44.7 Å². The van der Waals surface area contributed by atoms with Gasteiger partial charge < -0.3 is 10.6 Å². The van der Waals surface area contributed by atoms with Gasteiger partial charge in [-0.1, -0.05) is 39.8 Å². The average Bonchev–Trinajstić information content (AvgIpc) is 2.71. The summed E-state index contributed by atoms with van der Waals surface area (Å²) in [4.78, 5) is 11.7. The quantitative estimate of drug-likeness (QED) is 0.457. The van der Waals surface area contributed by atoms with Crippen molar-refractivity contribution in [2.75, 3.05) is 6.54 Å². The first-order valence-corrected chi connectivity index (χ1v) is 12.6. The maximum atomic E-state index is 13.6. The van der Waals surface area contributed by atoms with E-state index in [1.165, 1.54) is 41.3 Å². The number of carbonyl (C=O) groups is 1. The van der Waals surface area contributed by atoms with Crippen LogP contribution in [0.15, 0.2) is 30.3 Å². The topological polar surface area (TPSA) is 41.1 Å². The van der Waals surface area contributed by atoms with E-state index < -0.39 is 11.6 Å². The third kappa shape index (κ3) is 7.63. The van der Waals surface area contributed by atoms with Gasteiger partial charge in [0.25, 0.3) is 0 Å². The molecule has 2 atom stereocenters. The van der Waals surface area contributed by atoms with E-state index in [2.05, 4.69) is 50.5 Å². The molecule has 0 radical (unpaired) electrons. The Labute approximate surface area is 203 Å². The molecule has 34 heavy (non-hydrogen) atoms. The highest BCUT2D eigenvalue weighted by molar-refractivity contribution is 5.73. The van der Waals surface area contributed by atoms with E-state index in [1.54, 1.807) is 0 Å². The molecule has 0 aromatic heterocycles. The molecular formula is C29H40F2N2O. The van der Waals surface area contributed by atoms with Crippen molar-refractivity contribution >= 4 is 5.91 Å². The van der Waals surface area contributed by atoms with Crippen LogP contribution >= 0.6 is 0 Å². The number of hydrogen-bond acceptors (Lipinski definition) is 2. The summed E-state index contributed by atoms with van der Waals surface area (Å²) in [5.41, 5.74) is 6.58. The van der Waals surface area contributed by atoms with Crippen LogP contribution in [0.1, 0.15) is 87.7 Å². The van der Waals surface area contributed by atoms with Crippen molar-refractivity contribution in [2.24, 2.45) is 5.41 Å². The minimum absolute atomic E-state index is 0.135. The molecule has 0 saturated heterocycles. The second-order valence-electron chi connectivity index (χ2n) is 11.0. The summed E-state index contributed by atoms with van der Waals surface area (Å²) < 4.78 is 27.3. The molecular weight excluding hydrogens is 430 g/mol. The van der Waals surface area contributed by atoms with E-state index in [4.69, 9.17) is 0 Å². The maximum Gasteiger partial charge on any atom is 0.217 e. The van der Waals surface area contributed by atoms with Gasteiger partial charge in [0.2, 0.25) is 5.91 Å². The number of rotatable bonds is 9. The third-order valence-electron chi connectivity index (χ3n) is 6.54. The van der Waals surface area contributed by atoms with Gasteiger partial charge in [0.05, 0.1) is 0 Å². The van der Waals surface area contributed by atoms with Crippen LogP contribution in [0.2, 0.25) is 0 Å². The van der Waals surface area contributed by atoms with E-state index in [1.807, 2.05) is 0 Å². The predicted octanol–water partition coefficient (Wildman–Crippen LogP) is 6.22. The summed E-state index contributed by atoms with van der Waals surface area (Å²) in [6.45, 7) is 11.3. The van der Waals surface area contributed by atoms with Gasteiger partial charge in [-0.25, -0.2) is 8.78 Å². The Morgan fingerprint density at radius 1 is 1.09 bits per heavy atom. The summed E-state index contributed by atoms with van der Waals surface area (Å²) in [6.07, 6.45) is 6.56. The Hall–Kier alpha value is -2.27. The standard InChI is InChI=1S/C29H40F2N2O/c1-6-22-12-21(18-29(3,4)5)16-27-26(22)8-7-9-28(27)32-11-10-25(33-19(2)34)15-20-13-23(30)17-24(31)14-20/h12-14,16-17,25,28,32H,6-11,15,18H2,1-5H3,(H,33,34)/t25-,28?/m1/s1. The second kappa shape index (κ2) is 11.4. The van der Waals surface area contributed by atoms with Crippen LogP contribution in [-0.4, -0.2) is 18.5 Å². The minimum Gasteiger partial charge on any atom is -0.353 e. The van der Waals surface area contributed by atoms with E-state index in [9.17, 15) is 13.6 Å². The fraction of sp³-hybridized carbons (Fsp3) is 0.552. The minimum atomic E-state index is -0.591. The number of carbonyl (C=O) groups excluding carboxylic acids is 1. The predicted molar refractivity (Wildman–Crippen MR) is 135 cm³/mol. The lowest BCUT2D eigenvalue weighted by Crippen LogP contribution is -2.38. The largest absolute Gasteiger partial charge is 0.353 e. The molecule has 2 aromatic rings. The van der Waals surface area contributed by atoms with Gasteiger partial charge in [0, 0.05) is 25.1 Å². The van der Waals surface area contributed by atoms with Gasteiger partial charge in [-0.15, -0.1) is 0 Å². The van der Waals surface area contributed by atoms with E-state index >= 15 is 0 Å². The van der Waals surface area contributed by atoms with Gasteiger partial charge in [-0.3, -0.25) is 4.79 Å². The number of hydrogen-bond donors (Lipinski definition) is 2. The fourth-order valence-corrected chi connectivity index (χ4v) is 5.28. The van der Waals surface area contributed by atoms with Gasteiger partial charge in [0.1, 0.15) is 11.6 Å². The Kier molecular flexibility index (Phi) is 8.86. The van der Waals surface area contributed by atoms with Crippen molar-refractivity contribution in [3.05, 3.63) is 69.8 Å². The molecule has 5 heteroatoms. The molecule has 0 aliphatic heterocycles. The van der Waals surface area contributed by atoms with Crippen LogP contribution < -0.4 is 10.6 Å². The average molecular weight is 471 g/mol. The van der Waals surface area contributed by atoms with Crippen LogP contribution in [0.3, 0.4) is 0 Å². The number of fused-ring (bicyclic) bond motifs is 1. The Morgan fingerprint density at radius 2 is 1.79 bits per heavy atom. The first kappa shape index (κ1) is 26.3. The Balaban J connectivity index is 1.71. The molecule has 186 valence electrons. The fourth-order valence-electron chi connectivity index (χ4n) is 5.28. The van der Waals surface area contributed by atoms with Crippen molar-refractivity contribution < 1.29 is 13.6 Å². The van der Waals surface area contributed by atoms with Crippen molar-refractivity contribution in [3.63, 3.8) is 0 Å².